The van der Waals surface area contributed by atoms with Crippen LogP contribution in [0.5, 0.6) is 0 Å². The van der Waals surface area contributed by atoms with Gasteiger partial charge in [0.05, 0.1) is 6.61 Å². The van der Waals surface area contributed by atoms with E-state index in [4.69, 9.17) is 0 Å². The monoisotopic (exact) mass is 211 g/mol. The zero-order valence-corrected chi connectivity index (χ0v) is 9.82. The van der Waals surface area contributed by atoms with Crippen molar-refractivity contribution in [3.05, 3.63) is 18.2 Å². The molecule has 0 aromatic carbocycles. The molecule has 0 bridgehead atoms. The van der Waals surface area contributed by atoms with Crippen LogP contribution < -0.4 is 5.32 Å². The summed E-state index contributed by atoms with van der Waals surface area (Å²) in [7, 11) is 1.99. The second-order valence-electron chi connectivity index (χ2n) is 4.20. The van der Waals surface area contributed by atoms with Crippen LogP contribution in [0.25, 0.3) is 0 Å². The minimum atomic E-state index is -0.162. The number of hydrogen-bond acceptors (Lipinski definition) is 3. The van der Waals surface area contributed by atoms with Crippen LogP contribution in [0.2, 0.25) is 0 Å². The van der Waals surface area contributed by atoms with Gasteiger partial charge in [-0.1, -0.05) is 6.92 Å². The van der Waals surface area contributed by atoms with Crippen molar-refractivity contribution in [2.45, 2.75) is 32.2 Å². The van der Waals surface area contributed by atoms with Gasteiger partial charge in [0.25, 0.3) is 0 Å². The van der Waals surface area contributed by atoms with Crippen molar-refractivity contribution in [1.29, 1.82) is 0 Å². The van der Waals surface area contributed by atoms with E-state index in [1.165, 1.54) is 0 Å². The van der Waals surface area contributed by atoms with E-state index in [9.17, 15) is 5.11 Å². The van der Waals surface area contributed by atoms with Crippen LogP contribution in [0.15, 0.2) is 12.4 Å². The number of aliphatic hydroxyl groups is 1. The van der Waals surface area contributed by atoms with Gasteiger partial charge in [-0.15, -0.1) is 0 Å². The molecular weight excluding hydrogens is 190 g/mol. The fourth-order valence-corrected chi connectivity index (χ4v) is 1.41. The highest BCUT2D eigenvalue weighted by molar-refractivity contribution is 4.92. The first-order valence-corrected chi connectivity index (χ1v) is 5.43. The van der Waals surface area contributed by atoms with E-state index in [1.54, 1.807) is 6.20 Å². The van der Waals surface area contributed by atoms with Crippen molar-refractivity contribution in [2.75, 3.05) is 13.2 Å². The highest BCUT2D eigenvalue weighted by atomic mass is 16.3. The lowest BCUT2D eigenvalue weighted by molar-refractivity contribution is 0.171. The van der Waals surface area contributed by atoms with E-state index >= 15 is 0 Å². The number of aromatic nitrogens is 2. The zero-order chi connectivity index (χ0) is 11.3. The Bertz CT molecular complexity index is 292. The summed E-state index contributed by atoms with van der Waals surface area (Å²) < 4.78 is 2.02. The second kappa shape index (κ2) is 5.28. The van der Waals surface area contributed by atoms with Crippen LogP contribution in [0.4, 0.5) is 0 Å². The molecule has 0 amide bonds. The van der Waals surface area contributed by atoms with Crippen molar-refractivity contribution in [3.8, 4) is 0 Å². The molecule has 0 spiro atoms. The SMILES string of the molecule is CCC(C)(CO)NCCc1nccn1C. The van der Waals surface area contributed by atoms with Crippen molar-refractivity contribution in [1.82, 2.24) is 14.9 Å². The molecule has 1 aromatic rings. The average molecular weight is 211 g/mol. The molecular formula is C11H21N3O. The minimum Gasteiger partial charge on any atom is -0.394 e. The van der Waals surface area contributed by atoms with Crippen LogP contribution >= 0.6 is 0 Å². The maximum Gasteiger partial charge on any atom is 0.109 e. The van der Waals surface area contributed by atoms with Crippen molar-refractivity contribution < 1.29 is 5.11 Å². The van der Waals surface area contributed by atoms with Crippen molar-refractivity contribution in [2.24, 2.45) is 7.05 Å². The van der Waals surface area contributed by atoms with E-state index in [0.29, 0.717) is 0 Å². The molecule has 0 aliphatic carbocycles. The molecule has 4 heteroatoms. The lowest BCUT2D eigenvalue weighted by atomic mass is 10.0. The summed E-state index contributed by atoms with van der Waals surface area (Å²) in [4.78, 5) is 4.25. The van der Waals surface area contributed by atoms with Gasteiger partial charge in [0.15, 0.2) is 0 Å². The third-order valence-electron chi connectivity index (χ3n) is 2.95. The number of aliphatic hydroxyl groups excluding tert-OH is 1. The van der Waals surface area contributed by atoms with E-state index in [-0.39, 0.29) is 12.1 Å². The van der Waals surface area contributed by atoms with Gasteiger partial charge in [0, 0.05) is 37.9 Å². The lowest BCUT2D eigenvalue weighted by Crippen LogP contribution is -2.46. The number of nitrogens with one attached hydrogen (secondary N) is 1. The number of aryl methyl sites for hydroxylation is 1. The third-order valence-corrected chi connectivity index (χ3v) is 2.95. The molecule has 15 heavy (non-hydrogen) atoms. The van der Waals surface area contributed by atoms with Crippen LogP contribution in [0.1, 0.15) is 26.1 Å². The standard InChI is InChI=1S/C11H21N3O/c1-4-11(2,9-15)13-6-5-10-12-7-8-14(10)3/h7-8,13,15H,4-6,9H2,1-3H3. The summed E-state index contributed by atoms with van der Waals surface area (Å²) in [5.41, 5.74) is -0.162. The molecule has 1 aromatic heterocycles. The second-order valence-corrected chi connectivity index (χ2v) is 4.20. The van der Waals surface area contributed by atoms with Crippen LogP contribution in [0.3, 0.4) is 0 Å². The minimum absolute atomic E-state index is 0.162. The Morgan fingerprint density at radius 3 is 2.80 bits per heavy atom. The summed E-state index contributed by atoms with van der Waals surface area (Å²) in [5, 5.41) is 12.6. The molecule has 1 atom stereocenters. The van der Waals surface area contributed by atoms with Gasteiger partial charge in [-0.3, -0.25) is 0 Å². The number of imidazole rings is 1. The van der Waals surface area contributed by atoms with Gasteiger partial charge in [-0.25, -0.2) is 4.98 Å². The predicted molar refractivity (Wildman–Crippen MR) is 60.7 cm³/mol. The summed E-state index contributed by atoms with van der Waals surface area (Å²) in [6.45, 7) is 5.12. The van der Waals surface area contributed by atoms with Crippen LogP contribution in [0, 0.1) is 0 Å². The quantitative estimate of drug-likeness (QED) is 0.728. The normalized spacial score (nSPS) is 15.2. The number of rotatable bonds is 6. The molecule has 0 saturated carbocycles. The number of nitrogens with zero attached hydrogens (tertiary/aromatic N) is 2. The Balaban J connectivity index is 2.36. The first-order chi connectivity index (χ1) is 7.11. The van der Waals surface area contributed by atoms with Gasteiger partial charge < -0.3 is 15.0 Å². The summed E-state index contributed by atoms with van der Waals surface area (Å²) in [6, 6.07) is 0. The fraction of sp³-hybridized carbons (Fsp3) is 0.727. The summed E-state index contributed by atoms with van der Waals surface area (Å²) in [6.07, 6.45) is 5.56. The predicted octanol–water partition coefficient (Wildman–Crippen LogP) is 0.713. The van der Waals surface area contributed by atoms with Crippen molar-refractivity contribution in [3.63, 3.8) is 0 Å². The van der Waals surface area contributed by atoms with Gasteiger partial charge >= 0.3 is 0 Å². The Morgan fingerprint density at radius 1 is 1.60 bits per heavy atom. The molecule has 1 rings (SSSR count). The molecule has 1 unspecified atom stereocenters. The van der Waals surface area contributed by atoms with Crippen molar-refractivity contribution >= 4 is 0 Å². The number of hydrogen-bond donors (Lipinski definition) is 2. The topological polar surface area (TPSA) is 50.1 Å². The maximum atomic E-state index is 9.21. The molecule has 0 aliphatic heterocycles. The molecule has 2 N–H and O–H groups in total. The summed E-state index contributed by atoms with van der Waals surface area (Å²) >= 11 is 0. The highest BCUT2D eigenvalue weighted by Crippen LogP contribution is 2.07. The van der Waals surface area contributed by atoms with E-state index in [0.717, 1.165) is 25.2 Å². The van der Waals surface area contributed by atoms with Gasteiger partial charge in [0.2, 0.25) is 0 Å². The molecule has 1 heterocycles. The maximum absolute atomic E-state index is 9.21. The van der Waals surface area contributed by atoms with E-state index < -0.39 is 0 Å². The van der Waals surface area contributed by atoms with Gasteiger partial charge in [-0.2, -0.15) is 0 Å². The zero-order valence-electron chi connectivity index (χ0n) is 9.82. The van der Waals surface area contributed by atoms with Crippen LogP contribution in [-0.2, 0) is 13.5 Å². The summed E-state index contributed by atoms with van der Waals surface area (Å²) in [5.74, 6) is 1.07. The smallest absolute Gasteiger partial charge is 0.109 e. The largest absolute Gasteiger partial charge is 0.394 e. The first-order valence-electron chi connectivity index (χ1n) is 5.43. The Morgan fingerprint density at radius 2 is 2.33 bits per heavy atom. The van der Waals surface area contributed by atoms with Crippen LogP contribution in [-0.4, -0.2) is 33.3 Å². The highest BCUT2D eigenvalue weighted by Gasteiger charge is 2.19. The fourth-order valence-electron chi connectivity index (χ4n) is 1.41. The third kappa shape index (κ3) is 3.32. The van der Waals surface area contributed by atoms with E-state index in [2.05, 4.69) is 17.2 Å². The first kappa shape index (κ1) is 12.2. The Hall–Kier alpha value is -0.870. The molecule has 0 saturated heterocycles. The molecule has 0 fully saturated rings. The van der Waals surface area contributed by atoms with Gasteiger partial charge in [0.1, 0.15) is 5.82 Å². The Labute approximate surface area is 91.3 Å². The molecule has 0 radical (unpaired) electrons. The van der Waals surface area contributed by atoms with Gasteiger partial charge in [-0.05, 0) is 13.3 Å². The molecule has 0 aliphatic rings. The Kier molecular flexibility index (Phi) is 4.29. The lowest BCUT2D eigenvalue weighted by Gasteiger charge is -2.27. The average Bonchev–Trinajstić information content (AvgIpc) is 2.64. The molecule has 4 nitrogen and oxygen atoms in total. The van der Waals surface area contributed by atoms with E-state index in [1.807, 2.05) is 24.7 Å². The molecule has 86 valence electrons.